The standard InChI is InChI=1S/C7H6Cl2O.C7H11NO/c1-10-5-2-3-6(8)7(9)4-5;9-7-4-3-6-2-1-5-8(6)7/h2-4H,1H3;6H,1-5H2/t;6-/m.0/s1. The Balaban J connectivity index is 0.000000141. The van der Waals surface area contributed by atoms with Crippen molar-refractivity contribution in [3.05, 3.63) is 28.2 Å². The third-order valence-electron chi connectivity index (χ3n) is 3.52. The van der Waals surface area contributed by atoms with Gasteiger partial charge in [0.15, 0.2) is 0 Å². The van der Waals surface area contributed by atoms with Crippen molar-refractivity contribution in [2.45, 2.75) is 31.7 Å². The highest BCUT2D eigenvalue weighted by Crippen LogP contribution is 2.28. The van der Waals surface area contributed by atoms with Crippen molar-refractivity contribution in [2.24, 2.45) is 0 Å². The number of carbonyl (C=O) groups excluding carboxylic acids is 1. The van der Waals surface area contributed by atoms with Crippen LogP contribution in [0.3, 0.4) is 0 Å². The van der Waals surface area contributed by atoms with Crippen molar-refractivity contribution in [3.8, 4) is 5.75 Å². The summed E-state index contributed by atoms with van der Waals surface area (Å²) in [6.45, 7) is 1.03. The molecule has 0 N–H and O–H groups in total. The van der Waals surface area contributed by atoms with Gasteiger partial charge in [0.05, 0.1) is 17.2 Å². The molecule has 0 aliphatic carbocycles. The normalized spacial score (nSPS) is 20.9. The molecule has 104 valence electrons. The quantitative estimate of drug-likeness (QED) is 0.790. The number of amides is 1. The Kier molecular flexibility index (Phi) is 4.94. The summed E-state index contributed by atoms with van der Waals surface area (Å²) in [5.74, 6) is 1.10. The highest BCUT2D eigenvalue weighted by molar-refractivity contribution is 6.42. The number of rotatable bonds is 1. The highest BCUT2D eigenvalue weighted by atomic mass is 35.5. The largest absolute Gasteiger partial charge is 0.497 e. The molecule has 0 spiro atoms. The monoisotopic (exact) mass is 301 g/mol. The third-order valence-corrected chi connectivity index (χ3v) is 4.25. The lowest BCUT2D eigenvalue weighted by molar-refractivity contribution is -0.127. The minimum Gasteiger partial charge on any atom is -0.497 e. The summed E-state index contributed by atoms with van der Waals surface area (Å²) >= 11 is 11.3. The SMILES string of the molecule is COc1ccc(Cl)c(Cl)c1.O=C1CC[C@@H]2CCCN12. The van der Waals surface area contributed by atoms with Gasteiger partial charge in [0, 0.05) is 25.1 Å². The molecule has 1 atom stereocenters. The van der Waals surface area contributed by atoms with Crippen LogP contribution in [0.15, 0.2) is 18.2 Å². The first-order valence-corrected chi connectivity index (χ1v) is 7.16. The number of fused-ring (bicyclic) bond motifs is 1. The first-order valence-electron chi connectivity index (χ1n) is 6.40. The fourth-order valence-electron chi connectivity index (χ4n) is 2.50. The van der Waals surface area contributed by atoms with E-state index >= 15 is 0 Å². The molecular weight excluding hydrogens is 285 g/mol. The molecule has 0 aromatic heterocycles. The molecule has 3 rings (SSSR count). The fraction of sp³-hybridized carbons (Fsp3) is 0.500. The first kappa shape index (κ1) is 14.5. The minimum atomic E-state index is 0.387. The molecule has 5 heteroatoms. The molecular formula is C14H17Cl2NO2. The zero-order valence-corrected chi connectivity index (χ0v) is 12.4. The molecule has 3 nitrogen and oxygen atoms in total. The fourth-order valence-corrected chi connectivity index (χ4v) is 2.79. The van der Waals surface area contributed by atoms with Gasteiger partial charge >= 0.3 is 0 Å². The molecule has 0 saturated carbocycles. The zero-order chi connectivity index (χ0) is 13.8. The summed E-state index contributed by atoms with van der Waals surface area (Å²) in [5, 5.41) is 1.06. The molecule has 2 heterocycles. The molecule has 1 amide bonds. The van der Waals surface area contributed by atoms with Gasteiger partial charge in [-0.25, -0.2) is 0 Å². The van der Waals surface area contributed by atoms with Gasteiger partial charge in [-0.2, -0.15) is 0 Å². The van der Waals surface area contributed by atoms with Crippen LogP contribution in [0.1, 0.15) is 25.7 Å². The van der Waals surface area contributed by atoms with E-state index in [4.69, 9.17) is 27.9 Å². The number of benzene rings is 1. The number of hydrogen-bond donors (Lipinski definition) is 0. The average molecular weight is 302 g/mol. The predicted octanol–water partition coefficient (Wildman–Crippen LogP) is 3.77. The Morgan fingerprint density at radius 2 is 2.05 bits per heavy atom. The van der Waals surface area contributed by atoms with Gasteiger partial charge < -0.3 is 9.64 Å². The van der Waals surface area contributed by atoms with Crippen LogP contribution in [0.2, 0.25) is 10.0 Å². The highest BCUT2D eigenvalue weighted by Gasteiger charge is 2.33. The summed E-state index contributed by atoms with van der Waals surface area (Å²) in [5.41, 5.74) is 0. The van der Waals surface area contributed by atoms with E-state index in [9.17, 15) is 4.79 Å². The molecule has 2 aliphatic heterocycles. The summed E-state index contributed by atoms with van der Waals surface area (Å²) in [4.78, 5) is 13.0. The van der Waals surface area contributed by atoms with Gasteiger partial charge in [-0.05, 0) is 31.4 Å². The van der Waals surface area contributed by atoms with E-state index in [-0.39, 0.29) is 0 Å². The van der Waals surface area contributed by atoms with Crippen LogP contribution < -0.4 is 4.74 Å². The van der Waals surface area contributed by atoms with Gasteiger partial charge in [0.25, 0.3) is 0 Å². The summed E-state index contributed by atoms with van der Waals surface area (Å²) in [6.07, 6.45) is 4.42. The molecule has 19 heavy (non-hydrogen) atoms. The maximum absolute atomic E-state index is 11.0. The van der Waals surface area contributed by atoms with E-state index in [2.05, 4.69) is 0 Å². The lowest BCUT2D eigenvalue weighted by atomic mass is 10.2. The van der Waals surface area contributed by atoms with Gasteiger partial charge in [0.1, 0.15) is 5.75 Å². The van der Waals surface area contributed by atoms with E-state index in [1.54, 1.807) is 25.3 Å². The lowest BCUT2D eigenvalue weighted by Crippen LogP contribution is -2.26. The van der Waals surface area contributed by atoms with Crippen LogP contribution >= 0.6 is 23.2 Å². The van der Waals surface area contributed by atoms with Gasteiger partial charge in [-0.1, -0.05) is 23.2 Å². The van der Waals surface area contributed by atoms with Crippen LogP contribution in [0.5, 0.6) is 5.75 Å². The molecule has 0 radical (unpaired) electrons. The van der Waals surface area contributed by atoms with Crippen molar-refractivity contribution in [3.63, 3.8) is 0 Å². The van der Waals surface area contributed by atoms with E-state index < -0.39 is 0 Å². The second kappa shape index (κ2) is 6.49. The van der Waals surface area contributed by atoms with Crippen LogP contribution in [0.25, 0.3) is 0 Å². The Morgan fingerprint density at radius 3 is 2.68 bits per heavy atom. The summed E-state index contributed by atoms with van der Waals surface area (Å²) in [6, 6.07) is 5.76. The van der Waals surface area contributed by atoms with E-state index in [1.165, 1.54) is 12.8 Å². The van der Waals surface area contributed by atoms with Gasteiger partial charge in [-0.15, -0.1) is 0 Å². The molecule has 1 aromatic carbocycles. The lowest BCUT2D eigenvalue weighted by Gasteiger charge is -2.13. The zero-order valence-electron chi connectivity index (χ0n) is 10.9. The maximum Gasteiger partial charge on any atom is 0.222 e. The number of halogens is 2. The van der Waals surface area contributed by atoms with Gasteiger partial charge in [-0.3, -0.25) is 4.79 Å². The summed E-state index contributed by atoms with van der Waals surface area (Å²) in [7, 11) is 1.58. The van der Waals surface area contributed by atoms with Crippen LogP contribution in [0.4, 0.5) is 0 Å². The number of ether oxygens (including phenoxy) is 1. The molecule has 2 fully saturated rings. The van der Waals surface area contributed by atoms with E-state index in [0.717, 1.165) is 25.1 Å². The summed E-state index contributed by atoms with van der Waals surface area (Å²) < 4.78 is 4.91. The van der Waals surface area contributed by atoms with Crippen molar-refractivity contribution < 1.29 is 9.53 Å². The first-order chi connectivity index (χ1) is 9.11. The maximum atomic E-state index is 11.0. The Bertz CT molecular complexity index is 465. The molecule has 2 saturated heterocycles. The predicted molar refractivity (Wildman–Crippen MR) is 77.0 cm³/mol. The Hall–Kier alpha value is -0.930. The number of carbonyl (C=O) groups is 1. The molecule has 0 bridgehead atoms. The number of methoxy groups -OCH3 is 1. The minimum absolute atomic E-state index is 0.387. The molecule has 2 aliphatic rings. The topological polar surface area (TPSA) is 29.5 Å². The van der Waals surface area contributed by atoms with Crippen LogP contribution in [-0.2, 0) is 4.79 Å². The van der Waals surface area contributed by atoms with Crippen molar-refractivity contribution in [1.82, 2.24) is 4.90 Å². The van der Waals surface area contributed by atoms with E-state index in [1.807, 2.05) is 4.90 Å². The number of hydrogen-bond acceptors (Lipinski definition) is 2. The smallest absolute Gasteiger partial charge is 0.222 e. The Labute approximate surface area is 123 Å². The van der Waals surface area contributed by atoms with Crippen LogP contribution in [0, 0.1) is 0 Å². The van der Waals surface area contributed by atoms with Crippen molar-refractivity contribution >= 4 is 29.1 Å². The average Bonchev–Trinajstić information content (AvgIpc) is 3.00. The third kappa shape index (κ3) is 3.54. The second-order valence-corrected chi connectivity index (χ2v) is 5.52. The second-order valence-electron chi connectivity index (χ2n) is 4.70. The Morgan fingerprint density at radius 1 is 1.26 bits per heavy atom. The van der Waals surface area contributed by atoms with Crippen LogP contribution in [-0.4, -0.2) is 30.5 Å². The molecule has 0 unspecified atom stereocenters. The van der Waals surface area contributed by atoms with Crippen molar-refractivity contribution in [1.29, 1.82) is 0 Å². The van der Waals surface area contributed by atoms with Gasteiger partial charge in [0.2, 0.25) is 5.91 Å². The number of nitrogens with zero attached hydrogens (tertiary/aromatic N) is 1. The van der Waals surface area contributed by atoms with E-state index in [0.29, 0.717) is 22.0 Å². The molecule has 1 aromatic rings. The van der Waals surface area contributed by atoms with Crippen molar-refractivity contribution in [2.75, 3.05) is 13.7 Å².